The van der Waals surface area contributed by atoms with Gasteiger partial charge in [-0.2, -0.15) is 0 Å². The van der Waals surface area contributed by atoms with Crippen LogP contribution in [0, 0.1) is 0 Å². The molecule has 3 nitrogen and oxygen atoms in total. The van der Waals surface area contributed by atoms with Crippen molar-refractivity contribution in [2.75, 3.05) is 12.4 Å². The van der Waals surface area contributed by atoms with E-state index in [0.29, 0.717) is 0 Å². The van der Waals surface area contributed by atoms with Gasteiger partial charge in [0.2, 0.25) is 0 Å². The smallest absolute Gasteiger partial charge is 0.321 e. The number of nitrogens with zero attached hydrogens (tertiary/aromatic N) is 1. The molecule has 0 bridgehead atoms. The van der Waals surface area contributed by atoms with Crippen molar-refractivity contribution in [2.24, 2.45) is 0 Å². The fourth-order valence-electron chi connectivity index (χ4n) is 2.35. The SMILES string of the molecule is CCC[C@@H](C)N(C)C(=O)Nc1cccc2ccccc12. The van der Waals surface area contributed by atoms with Gasteiger partial charge in [0, 0.05) is 18.5 Å². The first kappa shape index (κ1) is 14.4. The van der Waals surface area contributed by atoms with Crippen molar-refractivity contribution in [3.63, 3.8) is 0 Å². The van der Waals surface area contributed by atoms with E-state index in [-0.39, 0.29) is 12.1 Å². The molecular formula is C17H22N2O. The van der Waals surface area contributed by atoms with E-state index in [1.807, 2.05) is 37.4 Å². The molecule has 106 valence electrons. The van der Waals surface area contributed by atoms with E-state index in [1.54, 1.807) is 4.90 Å². The number of carbonyl (C=O) groups excluding carboxylic acids is 1. The zero-order valence-electron chi connectivity index (χ0n) is 12.4. The summed E-state index contributed by atoms with van der Waals surface area (Å²) in [5.41, 5.74) is 0.864. The molecule has 0 radical (unpaired) electrons. The van der Waals surface area contributed by atoms with E-state index in [0.717, 1.165) is 29.3 Å². The summed E-state index contributed by atoms with van der Waals surface area (Å²) in [5, 5.41) is 5.21. The second-order valence-corrected chi connectivity index (χ2v) is 5.21. The van der Waals surface area contributed by atoms with Crippen molar-refractivity contribution in [3.8, 4) is 0 Å². The highest BCUT2D eigenvalue weighted by Crippen LogP contribution is 2.23. The maximum Gasteiger partial charge on any atom is 0.321 e. The van der Waals surface area contributed by atoms with Gasteiger partial charge >= 0.3 is 6.03 Å². The second-order valence-electron chi connectivity index (χ2n) is 5.21. The minimum absolute atomic E-state index is 0.0534. The maximum absolute atomic E-state index is 12.3. The molecule has 0 spiro atoms. The Morgan fingerprint density at radius 2 is 1.90 bits per heavy atom. The third-order valence-corrected chi connectivity index (χ3v) is 3.72. The average molecular weight is 270 g/mol. The van der Waals surface area contributed by atoms with Gasteiger partial charge in [-0.05, 0) is 24.8 Å². The van der Waals surface area contributed by atoms with Gasteiger partial charge in [-0.3, -0.25) is 0 Å². The van der Waals surface area contributed by atoms with Crippen molar-refractivity contribution in [1.82, 2.24) is 4.90 Å². The van der Waals surface area contributed by atoms with Gasteiger partial charge in [0.15, 0.2) is 0 Å². The van der Waals surface area contributed by atoms with Crippen LogP contribution in [0.25, 0.3) is 10.8 Å². The molecule has 2 aromatic carbocycles. The number of amides is 2. The highest BCUT2D eigenvalue weighted by atomic mass is 16.2. The molecule has 2 aromatic rings. The lowest BCUT2D eigenvalue weighted by Gasteiger charge is -2.25. The molecule has 2 rings (SSSR count). The molecule has 0 heterocycles. The summed E-state index contributed by atoms with van der Waals surface area (Å²) in [6, 6.07) is 14.2. The Bertz CT molecular complexity index is 589. The molecule has 1 N–H and O–H groups in total. The maximum atomic E-state index is 12.3. The Balaban J connectivity index is 2.18. The standard InChI is InChI=1S/C17H22N2O/c1-4-8-13(2)19(3)17(20)18-16-12-7-10-14-9-5-6-11-15(14)16/h5-7,9-13H,4,8H2,1-3H3,(H,18,20)/t13-/m1/s1. The van der Waals surface area contributed by atoms with E-state index in [4.69, 9.17) is 0 Å². The highest BCUT2D eigenvalue weighted by Gasteiger charge is 2.15. The van der Waals surface area contributed by atoms with Crippen LogP contribution in [0.5, 0.6) is 0 Å². The van der Waals surface area contributed by atoms with Crippen LogP contribution in [-0.2, 0) is 0 Å². The van der Waals surface area contributed by atoms with Crippen LogP contribution in [0.15, 0.2) is 42.5 Å². The molecule has 0 aliphatic rings. The molecule has 0 fully saturated rings. The van der Waals surface area contributed by atoms with Gasteiger partial charge in [-0.1, -0.05) is 49.7 Å². The van der Waals surface area contributed by atoms with Gasteiger partial charge in [-0.15, -0.1) is 0 Å². The predicted molar refractivity (Wildman–Crippen MR) is 85.1 cm³/mol. The lowest BCUT2D eigenvalue weighted by atomic mass is 10.1. The topological polar surface area (TPSA) is 32.3 Å². The summed E-state index contributed by atoms with van der Waals surface area (Å²) in [6.07, 6.45) is 2.09. The normalized spacial score (nSPS) is 12.2. The zero-order chi connectivity index (χ0) is 14.5. The van der Waals surface area contributed by atoms with Crippen molar-refractivity contribution in [1.29, 1.82) is 0 Å². The number of rotatable bonds is 4. The van der Waals surface area contributed by atoms with E-state index >= 15 is 0 Å². The molecule has 0 aromatic heterocycles. The molecule has 0 aliphatic heterocycles. The van der Waals surface area contributed by atoms with Gasteiger partial charge < -0.3 is 10.2 Å². The summed E-state index contributed by atoms with van der Waals surface area (Å²) < 4.78 is 0. The van der Waals surface area contributed by atoms with Crippen molar-refractivity contribution >= 4 is 22.5 Å². The molecular weight excluding hydrogens is 248 g/mol. The van der Waals surface area contributed by atoms with Crippen LogP contribution in [0.2, 0.25) is 0 Å². The van der Waals surface area contributed by atoms with Crippen LogP contribution >= 0.6 is 0 Å². The van der Waals surface area contributed by atoms with Crippen LogP contribution in [0.4, 0.5) is 10.5 Å². The monoisotopic (exact) mass is 270 g/mol. The Kier molecular flexibility index (Phi) is 4.61. The van der Waals surface area contributed by atoms with Gasteiger partial charge in [0.1, 0.15) is 0 Å². The minimum Gasteiger partial charge on any atom is -0.325 e. The number of hydrogen-bond donors (Lipinski definition) is 1. The largest absolute Gasteiger partial charge is 0.325 e. The summed E-state index contributed by atoms with van der Waals surface area (Å²) in [6.45, 7) is 4.21. The number of carbonyl (C=O) groups is 1. The van der Waals surface area contributed by atoms with Crippen molar-refractivity contribution in [2.45, 2.75) is 32.7 Å². The minimum atomic E-state index is -0.0534. The van der Waals surface area contributed by atoms with Gasteiger partial charge in [0.25, 0.3) is 0 Å². The van der Waals surface area contributed by atoms with Crippen molar-refractivity contribution < 1.29 is 4.79 Å². The molecule has 0 saturated carbocycles. The lowest BCUT2D eigenvalue weighted by Crippen LogP contribution is -2.38. The van der Waals surface area contributed by atoms with Crippen LogP contribution in [0.1, 0.15) is 26.7 Å². The zero-order valence-corrected chi connectivity index (χ0v) is 12.4. The van der Waals surface area contributed by atoms with Crippen LogP contribution < -0.4 is 5.32 Å². The number of fused-ring (bicyclic) bond motifs is 1. The molecule has 0 saturated heterocycles. The van der Waals surface area contributed by atoms with Gasteiger partial charge in [0.05, 0.1) is 5.69 Å². The Hall–Kier alpha value is -2.03. The van der Waals surface area contributed by atoms with Crippen LogP contribution in [-0.4, -0.2) is 24.0 Å². The number of anilines is 1. The molecule has 2 amide bonds. The van der Waals surface area contributed by atoms with E-state index in [2.05, 4.69) is 31.3 Å². The molecule has 3 heteroatoms. The van der Waals surface area contributed by atoms with E-state index in [9.17, 15) is 4.79 Å². The molecule has 20 heavy (non-hydrogen) atoms. The third-order valence-electron chi connectivity index (χ3n) is 3.72. The third kappa shape index (κ3) is 3.10. The number of benzene rings is 2. The number of hydrogen-bond acceptors (Lipinski definition) is 1. The van der Waals surface area contributed by atoms with Crippen molar-refractivity contribution in [3.05, 3.63) is 42.5 Å². The molecule has 0 aliphatic carbocycles. The fraction of sp³-hybridized carbons (Fsp3) is 0.353. The summed E-state index contributed by atoms with van der Waals surface area (Å²) in [5.74, 6) is 0. The van der Waals surface area contributed by atoms with Gasteiger partial charge in [-0.25, -0.2) is 4.79 Å². The quantitative estimate of drug-likeness (QED) is 0.872. The Morgan fingerprint density at radius 3 is 2.65 bits per heavy atom. The molecule has 0 unspecified atom stereocenters. The first-order valence-corrected chi connectivity index (χ1v) is 7.15. The van der Waals surface area contributed by atoms with E-state index in [1.165, 1.54) is 0 Å². The first-order chi connectivity index (χ1) is 9.63. The Labute approximate surface area is 120 Å². The number of urea groups is 1. The summed E-state index contributed by atoms with van der Waals surface area (Å²) in [7, 11) is 1.85. The Morgan fingerprint density at radius 1 is 1.20 bits per heavy atom. The second kappa shape index (κ2) is 6.42. The summed E-state index contributed by atoms with van der Waals surface area (Å²) in [4.78, 5) is 14.1. The molecule has 1 atom stereocenters. The average Bonchev–Trinajstić information content (AvgIpc) is 2.47. The summed E-state index contributed by atoms with van der Waals surface area (Å²) >= 11 is 0. The van der Waals surface area contributed by atoms with E-state index < -0.39 is 0 Å². The first-order valence-electron chi connectivity index (χ1n) is 7.15. The highest BCUT2D eigenvalue weighted by molar-refractivity contribution is 6.01. The lowest BCUT2D eigenvalue weighted by molar-refractivity contribution is 0.205. The number of nitrogens with one attached hydrogen (secondary N) is 1. The van der Waals surface area contributed by atoms with Crippen LogP contribution in [0.3, 0.4) is 0 Å². The predicted octanol–water partition coefficient (Wildman–Crippen LogP) is 4.49. The fourth-order valence-corrected chi connectivity index (χ4v) is 2.35.